The first-order valence-electron chi connectivity index (χ1n) is 12.7. The van der Waals surface area contributed by atoms with E-state index in [9.17, 15) is 9.90 Å². The Morgan fingerprint density at radius 2 is 1.95 bits per heavy atom. The molecule has 1 amide bonds. The van der Waals surface area contributed by atoms with Crippen LogP contribution in [0.1, 0.15) is 11.3 Å². The maximum Gasteiger partial charge on any atom is 0.243 e. The molecule has 0 aliphatic carbocycles. The van der Waals surface area contributed by atoms with Gasteiger partial charge in [-0.05, 0) is 12.1 Å². The van der Waals surface area contributed by atoms with Crippen LogP contribution in [0.5, 0.6) is 11.5 Å². The Kier molecular flexibility index (Phi) is 8.40. The third-order valence-electron chi connectivity index (χ3n) is 6.86. The second-order valence-corrected chi connectivity index (χ2v) is 10.2. The largest absolute Gasteiger partial charge is 0.495 e. The molecule has 1 saturated heterocycles. The average Bonchev–Trinajstić information content (AvgIpc) is 3.58. The molecule has 0 spiro atoms. The number of rotatable bonds is 9. The Morgan fingerprint density at radius 3 is 2.59 bits per heavy atom. The van der Waals surface area contributed by atoms with Gasteiger partial charge in [-0.25, -0.2) is 4.98 Å². The number of hydrogen-bond donors (Lipinski definition) is 3. The van der Waals surface area contributed by atoms with Crippen molar-refractivity contribution in [2.24, 2.45) is 7.05 Å². The van der Waals surface area contributed by atoms with Gasteiger partial charge in [0.25, 0.3) is 0 Å². The number of carbonyl (C=O) groups is 1. The molecule has 218 valence electrons. The number of benzene rings is 1. The Hall–Kier alpha value is -3.78. The third-order valence-corrected chi connectivity index (χ3v) is 7.59. The van der Waals surface area contributed by atoms with Crippen LogP contribution in [0.4, 0.5) is 17.5 Å². The molecule has 1 aromatic carbocycles. The maximum absolute atomic E-state index is 11.9. The highest BCUT2D eigenvalue weighted by Gasteiger charge is 2.37. The van der Waals surface area contributed by atoms with Crippen LogP contribution in [0, 0.1) is 0 Å². The minimum absolute atomic E-state index is 0.176. The number of fused-ring (bicyclic) bond motifs is 1. The van der Waals surface area contributed by atoms with Gasteiger partial charge in [-0.1, -0.05) is 29.8 Å². The van der Waals surface area contributed by atoms with Crippen LogP contribution in [-0.2, 0) is 29.7 Å². The Balaban J connectivity index is 1.52. The minimum atomic E-state index is -1.26. The molecule has 3 N–H and O–H groups in total. The van der Waals surface area contributed by atoms with Crippen molar-refractivity contribution in [3.63, 3.8) is 0 Å². The van der Waals surface area contributed by atoms with Crippen LogP contribution in [0.2, 0.25) is 10.0 Å². The summed E-state index contributed by atoms with van der Waals surface area (Å²) in [4.78, 5) is 24.5. The Morgan fingerprint density at radius 1 is 1.24 bits per heavy atom. The lowest BCUT2D eigenvalue weighted by Crippen LogP contribution is -2.52. The molecule has 2 aliphatic rings. The van der Waals surface area contributed by atoms with Crippen LogP contribution in [0.3, 0.4) is 0 Å². The summed E-state index contributed by atoms with van der Waals surface area (Å²) in [5.41, 5.74) is 1.73. The van der Waals surface area contributed by atoms with Gasteiger partial charge >= 0.3 is 0 Å². The molecule has 5 rings (SSSR count). The minimum Gasteiger partial charge on any atom is -0.495 e. The van der Waals surface area contributed by atoms with E-state index in [0.717, 1.165) is 0 Å². The zero-order valence-electron chi connectivity index (χ0n) is 22.7. The molecule has 2 aliphatic heterocycles. The predicted molar refractivity (Wildman–Crippen MR) is 154 cm³/mol. The van der Waals surface area contributed by atoms with Crippen LogP contribution in [-0.4, -0.2) is 76.6 Å². The van der Waals surface area contributed by atoms with Gasteiger partial charge in [-0.15, -0.1) is 0 Å². The number of methoxy groups -OCH3 is 2. The fourth-order valence-electron chi connectivity index (χ4n) is 4.81. The van der Waals surface area contributed by atoms with E-state index in [1.807, 2.05) is 19.3 Å². The van der Waals surface area contributed by atoms with Gasteiger partial charge in [0.15, 0.2) is 0 Å². The van der Waals surface area contributed by atoms with Crippen LogP contribution in [0.15, 0.2) is 37.2 Å². The number of hydrogen-bond acceptors (Lipinski definition) is 11. The number of aliphatic hydroxyl groups excluding tert-OH is 1. The fraction of sp³-hybridized carbons (Fsp3) is 0.385. The summed E-state index contributed by atoms with van der Waals surface area (Å²) in [5.74, 6) is 1.18. The van der Waals surface area contributed by atoms with Crippen molar-refractivity contribution >= 4 is 46.6 Å². The van der Waals surface area contributed by atoms with Crippen molar-refractivity contribution < 1.29 is 24.1 Å². The summed E-state index contributed by atoms with van der Waals surface area (Å²) in [5, 5.41) is 22.8. The van der Waals surface area contributed by atoms with Gasteiger partial charge in [0.1, 0.15) is 27.4 Å². The van der Waals surface area contributed by atoms with Gasteiger partial charge in [-0.2, -0.15) is 10.1 Å². The summed E-state index contributed by atoms with van der Waals surface area (Å²) in [6.45, 7) is 4.58. The lowest BCUT2D eigenvalue weighted by molar-refractivity contribution is -0.117. The number of aryl methyl sites for hydroxylation is 1. The second-order valence-electron chi connectivity index (χ2n) is 9.49. The molecule has 0 radical (unpaired) electrons. The van der Waals surface area contributed by atoms with Gasteiger partial charge in [0.05, 0.1) is 64.0 Å². The van der Waals surface area contributed by atoms with Crippen molar-refractivity contribution in [3.05, 3.63) is 58.5 Å². The van der Waals surface area contributed by atoms with E-state index in [-0.39, 0.29) is 41.1 Å². The van der Waals surface area contributed by atoms with Gasteiger partial charge in [0.2, 0.25) is 18.2 Å². The summed E-state index contributed by atoms with van der Waals surface area (Å²) in [6, 6.07) is 2.87. The average molecular weight is 605 g/mol. The Labute approximate surface area is 246 Å². The molecule has 13 nitrogen and oxygen atoms in total. The van der Waals surface area contributed by atoms with E-state index < -0.39 is 6.35 Å². The summed E-state index contributed by atoms with van der Waals surface area (Å²) in [6.07, 6.45) is 3.44. The molecule has 41 heavy (non-hydrogen) atoms. The normalized spacial score (nSPS) is 20.0. The molecule has 3 aromatic rings. The Bertz CT molecular complexity index is 1430. The molecule has 4 heterocycles. The number of nitrogens with one attached hydrogen (secondary N) is 2. The van der Waals surface area contributed by atoms with Gasteiger partial charge in [-0.3, -0.25) is 9.48 Å². The first-order valence-corrected chi connectivity index (χ1v) is 13.4. The van der Waals surface area contributed by atoms with Crippen LogP contribution < -0.4 is 29.9 Å². The third kappa shape index (κ3) is 5.71. The highest BCUT2D eigenvalue weighted by atomic mass is 35.5. The summed E-state index contributed by atoms with van der Waals surface area (Å²) in [7, 11) is 4.78. The topological polar surface area (TPSA) is 139 Å². The molecule has 0 bridgehead atoms. The molecule has 15 heteroatoms. The van der Waals surface area contributed by atoms with Crippen LogP contribution in [0.25, 0.3) is 0 Å². The predicted octanol–water partition coefficient (Wildman–Crippen LogP) is 2.32. The number of carbonyl (C=O) groups excluding carboxylic acids is 1. The number of aromatic nitrogens is 4. The smallest absolute Gasteiger partial charge is 0.243 e. The van der Waals surface area contributed by atoms with Gasteiger partial charge < -0.3 is 39.8 Å². The van der Waals surface area contributed by atoms with Crippen molar-refractivity contribution in [2.75, 3.05) is 42.5 Å². The molecule has 1 fully saturated rings. The van der Waals surface area contributed by atoms with E-state index in [1.165, 1.54) is 20.3 Å². The quantitative estimate of drug-likeness (QED) is 0.310. The standard InChI is InChI=1S/C26H30Cl2N8O5/c1-5-20(37)30-16-12-41-13-17(16)31-25-29-9-14-10-35(23-21(27)18(39-3)8-19(40-4)22(23)28)26(38)36(24(14)32-25)11-15-6-7-34(2)33-15/h5-9,16-17,26,38H,1,10-13H2,2-4H3,(H,30,37)(H,29,31,32). The van der Waals surface area contributed by atoms with E-state index in [1.54, 1.807) is 26.7 Å². The summed E-state index contributed by atoms with van der Waals surface area (Å²) < 4.78 is 18.1. The lowest BCUT2D eigenvalue weighted by atomic mass is 10.1. The number of aliphatic hydroxyl groups is 1. The zero-order valence-corrected chi connectivity index (χ0v) is 24.2. The van der Waals surface area contributed by atoms with Crippen molar-refractivity contribution in [1.29, 1.82) is 0 Å². The lowest BCUT2D eigenvalue weighted by Gasteiger charge is -2.43. The SMILES string of the molecule is C=CC(=O)NC1COCC1Nc1ncc2c(n1)N(Cc1ccn(C)n1)C(O)N(c1c(Cl)c(OC)cc(OC)c1Cl)C2. The number of halogens is 2. The number of amides is 1. The molecular formula is C26H30Cl2N8O5. The zero-order chi connectivity index (χ0) is 29.3. The molecule has 3 unspecified atom stereocenters. The highest BCUT2D eigenvalue weighted by Crippen LogP contribution is 2.48. The monoisotopic (exact) mass is 604 g/mol. The first-order chi connectivity index (χ1) is 19.7. The summed E-state index contributed by atoms with van der Waals surface area (Å²) >= 11 is 13.4. The van der Waals surface area contributed by atoms with E-state index in [4.69, 9.17) is 42.4 Å². The molecule has 3 atom stereocenters. The van der Waals surface area contributed by atoms with E-state index in [2.05, 4.69) is 27.3 Å². The molecule has 0 saturated carbocycles. The fourth-order valence-corrected chi connectivity index (χ4v) is 5.53. The van der Waals surface area contributed by atoms with Crippen molar-refractivity contribution in [1.82, 2.24) is 25.1 Å². The highest BCUT2D eigenvalue weighted by molar-refractivity contribution is 6.41. The first kappa shape index (κ1) is 28.7. The molecule has 2 aromatic heterocycles. The van der Waals surface area contributed by atoms with E-state index >= 15 is 0 Å². The van der Waals surface area contributed by atoms with Crippen molar-refractivity contribution in [3.8, 4) is 11.5 Å². The van der Waals surface area contributed by atoms with Gasteiger partial charge in [0, 0.05) is 31.1 Å². The van der Waals surface area contributed by atoms with Crippen molar-refractivity contribution in [2.45, 2.75) is 31.5 Å². The van der Waals surface area contributed by atoms with E-state index in [0.29, 0.717) is 53.4 Å². The number of anilines is 3. The number of nitrogens with zero attached hydrogens (tertiary/aromatic N) is 6. The number of ether oxygens (including phenoxy) is 3. The van der Waals surface area contributed by atoms with Crippen LogP contribution >= 0.6 is 23.2 Å². The second kappa shape index (κ2) is 12.0. The maximum atomic E-state index is 11.9. The molecular weight excluding hydrogens is 575 g/mol.